The molecule has 0 unspecified atom stereocenters. The number of hydrogen-bond acceptors (Lipinski definition) is 4. The smallest absolute Gasteiger partial charge is 0.229 e. The van der Waals surface area contributed by atoms with E-state index in [2.05, 4.69) is 42.0 Å². The lowest BCUT2D eigenvalue weighted by molar-refractivity contribution is 0.942. The van der Waals surface area contributed by atoms with Crippen LogP contribution in [0, 0.1) is 20.8 Å². The Morgan fingerprint density at radius 3 is 2.26 bits per heavy atom. The lowest BCUT2D eigenvalue weighted by atomic mass is 10.1. The average molecular weight is 256 g/mol. The normalized spacial score (nSPS) is 10.6. The van der Waals surface area contributed by atoms with Crippen LogP contribution in [0.1, 0.15) is 22.4 Å². The van der Waals surface area contributed by atoms with Crippen molar-refractivity contribution in [3.8, 4) is 0 Å². The minimum Gasteiger partial charge on any atom is -0.326 e. The number of aromatic nitrogens is 2. The molecule has 0 atom stereocenters. The van der Waals surface area contributed by atoms with Crippen LogP contribution in [0.3, 0.4) is 0 Å². The summed E-state index contributed by atoms with van der Waals surface area (Å²) in [6.07, 6.45) is 1.80. The Balaban J connectivity index is 2.38. The fraction of sp³-hybridized carbons (Fsp3) is 0.333. The Morgan fingerprint density at radius 1 is 1.11 bits per heavy atom. The summed E-state index contributed by atoms with van der Waals surface area (Å²) in [6, 6.07) is 6.41. The Hall–Kier alpha value is -1.94. The highest BCUT2D eigenvalue weighted by molar-refractivity contribution is 5.58. The van der Waals surface area contributed by atoms with Crippen LogP contribution in [0.4, 0.5) is 11.6 Å². The van der Waals surface area contributed by atoms with E-state index in [0.29, 0.717) is 12.5 Å². The zero-order valence-corrected chi connectivity index (χ0v) is 11.9. The van der Waals surface area contributed by atoms with E-state index in [1.165, 1.54) is 11.1 Å². The third kappa shape index (κ3) is 2.90. The second kappa shape index (κ2) is 5.36. The van der Waals surface area contributed by atoms with Gasteiger partial charge in [0.15, 0.2) is 0 Å². The molecule has 2 aromatic rings. The summed E-state index contributed by atoms with van der Waals surface area (Å²) in [7, 11) is 1.98. The third-order valence-corrected chi connectivity index (χ3v) is 3.18. The molecule has 0 saturated carbocycles. The van der Waals surface area contributed by atoms with Gasteiger partial charge < -0.3 is 10.6 Å². The van der Waals surface area contributed by atoms with Crippen LogP contribution in [-0.2, 0) is 6.54 Å². The number of nitrogens with two attached hydrogens (primary N) is 1. The number of hydrogen-bond donors (Lipinski definition) is 1. The van der Waals surface area contributed by atoms with E-state index in [0.717, 1.165) is 16.9 Å². The summed E-state index contributed by atoms with van der Waals surface area (Å²) in [6.45, 7) is 6.62. The molecule has 2 N–H and O–H groups in total. The molecular formula is C15H20N4. The Bertz CT molecular complexity index is 572. The van der Waals surface area contributed by atoms with Gasteiger partial charge in [0.25, 0.3) is 0 Å². The zero-order chi connectivity index (χ0) is 14.0. The second-order valence-electron chi connectivity index (χ2n) is 4.89. The van der Waals surface area contributed by atoms with Gasteiger partial charge in [-0.1, -0.05) is 6.07 Å². The molecule has 0 aliphatic rings. The molecular weight excluding hydrogens is 236 g/mol. The summed E-state index contributed by atoms with van der Waals surface area (Å²) in [5.41, 5.74) is 11.1. The predicted molar refractivity (Wildman–Crippen MR) is 78.6 cm³/mol. The molecule has 0 aliphatic carbocycles. The van der Waals surface area contributed by atoms with E-state index < -0.39 is 0 Å². The van der Waals surface area contributed by atoms with Crippen molar-refractivity contribution in [2.45, 2.75) is 27.3 Å². The van der Waals surface area contributed by atoms with Gasteiger partial charge in [0.2, 0.25) is 5.95 Å². The van der Waals surface area contributed by atoms with Gasteiger partial charge in [-0.2, -0.15) is 0 Å². The molecule has 1 heterocycles. The molecule has 0 radical (unpaired) electrons. The van der Waals surface area contributed by atoms with E-state index in [1.807, 2.05) is 18.9 Å². The SMILES string of the molecule is Cc1cc(C)cc(N(C)c2ncc(CN)c(C)n2)c1. The number of aryl methyl sites for hydroxylation is 3. The van der Waals surface area contributed by atoms with Crippen molar-refractivity contribution in [3.05, 3.63) is 46.8 Å². The minimum atomic E-state index is 0.472. The number of anilines is 2. The van der Waals surface area contributed by atoms with Crippen molar-refractivity contribution < 1.29 is 0 Å². The molecule has 4 heteroatoms. The Labute approximate surface area is 114 Å². The maximum atomic E-state index is 5.63. The summed E-state index contributed by atoms with van der Waals surface area (Å²) in [5.74, 6) is 0.694. The zero-order valence-electron chi connectivity index (χ0n) is 11.9. The van der Waals surface area contributed by atoms with Crippen molar-refractivity contribution in [1.82, 2.24) is 9.97 Å². The van der Waals surface area contributed by atoms with Crippen LogP contribution in [-0.4, -0.2) is 17.0 Å². The van der Waals surface area contributed by atoms with Crippen LogP contribution in [0.15, 0.2) is 24.4 Å². The summed E-state index contributed by atoms with van der Waals surface area (Å²) in [4.78, 5) is 10.9. The molecule has 0 bridgehead atoms. The van der Waals surface area contributed by atoms with Crippen LogP contribution >= 0.6 is 0 Å². The topological polar surface area (TPSA) is 55.0 Å². The molecule has 19 heavy (non-hydrogen) atoms. The molecule has 1 aromatic heterocycles. The molecule has 1 aromatic carbocycles. The fourth-order valence-electron chi connectivity index (χ4n) is 2.10. The van der Waals surface area contributed by atoms with Gasteiger partial charge in [-0.3, -0.25) is 0 Å². The highest BCUT2D eigenvalue weighted by Gasteiger charge is 2.09. The van der Waals surface area contributed by atoms with Crippen LogP contribution in [0.25, 0.3) is 0 Å². The van der Waals surface area contributed by atoms with Gasteiger partial charge in [-0.05, 0) is 44.0 Å². The first-order valence-electron chi connectivity index (χ1n) is 6.36. The largest absolute Gasteiger partial charge is 0.326 e. The Kier molecular flexibility index (Phi) is 3.81. The summed E-state index contributed by atoms with van der Waals surface area (Å²) >= 11 is 0. The van der Waals surface area contributed by atoms with Gasteiger partial charge in [-0.25, -0.2) is 9.97 Å². The van der Waals surface area contributed by atoms with Gasteiger partial charge in [-0.15, -0.1) is 0 Å². The maximum Gasteiger partial charge on any atom is 0.229 e. The number of rotatable bonds is 3. The van der Waals surface area contributed by atoms with Crippen molar-refractivity contribution in [2.75, 3.05) is 11.9 Å². The van der Waals surface area contributed by atoms with Crippen molar-refractivity contribution in [2.24, 2.45) is 5.73 Å². The predicted octanol–water partition coefficient (Wildman–Crippen LogP) is 2.63. The van der Waals surface area contributed by atoms with Crippen molar-refractivity contribution >= 4 is 11.6 Å². The molecule has 2 rings (SSSR count). The van der Waals surface area contributed by atoms with Crippen LogP contribution < -0.4 is 10.6 Å². The van der Waals surface area contributed by atoms with E-state index in [9.17, 15) is 0 Å². The van der Waals surface area contributed by atoms with Crippen molar-refractivity contribution in [1.29, 1.82) is 0 Å². The lowest BCUT2D eigenvalue weighted by Crippen LogP contribution is -2.15. The monoisotopic (exact) mass is 256 g/mol. The van der Waals surface area contributed by atoms with E-state index >= 15 is 0 Å². The fourth-order valence-corrected chi connectivity index (χ4v) is 2.10. The van der Waals surface area contributed by atoms with Gasteiger partial charge in [0, 0.05) is 36.7 Å². The van der Waals surface area contributed by atoms with Gasteiger partial charge in [0.1, 0.15) is 0 Å². The first-order valence-corrected chi connectivity index (χ1v) is 6.36. The quantitative estimate of drug-likeness (QED) is 0.917. The molecule has 100 valence electrons. The first kappa shape index (κ1) is 13.5. The minimum absolute atomic E-state index is 0.472. The van der Waals surface area contributed by atoms with E-state index in [4.69, 9.17) is 5.73 Å². The highest BCUT2D eigenvalue weighted by atomic mass is 15.2. The molecule has 0 aliphatic heterocycles. The van der Waals surface area contributed by atoms with Gasteiger partial charge in [0.05, 0.1) is 0 Å². The Morgan fingerprint density at radius 2 is 1.74 bits per heavy atom. The third-order valence-electron chi connectivity index (χ3n) is 3.18. The maximum absolute atomic E-state index is 5.63. The average Bonchev–Trinajstić information content (AvgIpc) is 2.36. The van der Waals surface area contributed by atoms with E-state index in [-0.39, 0.29) is 0 Å². The molecule has 0 amide bonds. The first-order chi connectivity index (χ1) is 9.01. The van der Waals surface area contributed by atoms with Crippen molar-refractivity contribution in [3.63, 3.8) is 0 Å². The highest BCUT2D eigenvalue weighted by Crippen LogP contribution is 2.23. The second-order valence-corrected chi connectivity index (χ2v) is 4.89. The van der Waals surface area contributed by atoms with Gasteiger partial charge >= 0.3 is 0 Å². The molecule has 0 spiro atoms. The van der Waals surface area contributed by atoms with E-state index in [1.54, 1.807) is 6.20 Å². The van der Waals surface area contributed by atoms with Crippen LogP contribution in [0.5, 0.6) is 0 Å². The molecule has 4 nitrogen and oxygen atoms in total. The lowest BCUT2D eigenvalue weighted by Gasteiger charge is -2.19. The summed E-state index contributed by atoms with van der Waals surface area (Å²) < 4.78 is 0. The molecule has 0 fully saturated rings. The molecule has 0 saturated heterocycles. The standard InChI is InChI=1S/C15H20N4/c1-10-5-11(2)7-14(6-10)19(4)15-17-9-13(8-16)12(3)18-15/h5-7,9H,8,16H2,1-4H3. The number of benzene rings is 1. The van der Waals surface area contributed by atoms with Crippen LogP contribution in [0.2, 0.25) is 0 Å². The summed E-state index contributed by atoms with van der Waals surface area (Å²) in [5, 5.41) is 0. The number of nitrogens with zero attached hydrogens (tertiary/aromatic N) is 3.